The highest BCUT2D eigenvalue weighted by atomic mass is 35.5. The van der Waals surface area contributed by atoms with Crippen LogP contribution in [0.3, 0.4) is 0 Å². The molecular weight excluding hydrogens is 280 g/mol. The van der Waals surface area contributed by atoms with Crippen molar-refractivity contribution in [3.8, 4) is 5.75 Å². The van der Waals surface area contributed by atoms with Gasteiger partial charge in [0.2, 0.25) is 0 Å². The van der Waals surface area contributed by atoms with Crippen molar-refractivity contribution in [2.24, 2.45) is 0 Å². The van der Waals surface area contributed by atoms with Gasteiger partial charge in [-0.25, -0.2) is 0 Å². The van der Waals surface area contributed by atoms with Gasteiger partial charge in [0.15, 0.2) is 0 Å². The van der Waals surface area contributed by atoms with Crippen LogP contribution in [0, 0.1) is 0 Å². The van der Waals surface area contributed by atoms with Gasteiger partial charge >= 0.3 is 0 Å². The van der Waals surface area contributed by atoms with E-state index in [2.05, 4.69) is 16.4 Å². The van der Waals surface area contributed by atoms with Crippen molar-refractivity contribution < 1.29 is 4.74 Å². The topological polar surface area (TPSA) is 34.1 Å². The van der Waals surface area contributed by atoms with E-state index >= 15 is 0 Å². The molecule has 0 aliphatic heterocycles. The predicted molar refractivity (Wildman–Crippen MR) is 80.9 cm³/mol. The van der Waals surface area contributed by atoms with Crippen LogP contribution in [0.2, 0.25) is 5.02 Å². The van der Waals surface area contributed by atoms with E-state index in [1.165, 1.54) is 0 Å². The number of aromatic nitrogens is 1. The van der Waals surface area contributed by atoms with Gasteiger partial charge in [-0.3, -0.25) is 4.98 Å². The number of rotatable bonds is 3. The summed E-state index contributed by atoms with van der Waals surface area (Å²) in [6.45, 7) is 0. The third-order valence-electron chi connectivity index (χ3n) is 2.81. The first kappa shape index (κ1) is 12.3. The lowest BCUT2D eigenvalue weighted by atomic mass is 10.2. The van der Waals surface area contributed by atoms with Gasteiger partial charge in [-0.1, -0.05) is 11.6 Å². The molecule has 19 heavy (non-hydrogen) atoms. The molecule has 1 aromatic carbocycles. The molecule has 0 atom stereocenters. The fourth-order valence-corrected chi connectivity index (χ4v) is 2.86. The number of benzene rings is 1. The van der Waals surface area contributed by atoms with Crippen LogP contribution in [0.15, 0.2) is 42.0 Å². The lowest BCUT2D eigenvalue weighted by Crippen LogP contribution is -1.95. The SMILES string of the molecule is COc1ccc(Cl)cc1Nc1cncc2sccc12. The summed E-state index contributed by atoms with van der Waals surface area (Å²) in [6, 6.07) is 7.55. The summed E-state index contributed by atoms with van der Waals surface area (Å²) >= 11 is 7.69. The standard InChI is InChI=1S/C14H11ClN2OS/c1-18-13-3-2-9(15)6-11(13)17-12-7-16-8-14-10(12)4-5-19-14/h2-8,17H,1H3. The van der Waals surface area contributed by atoms with Crippen molar-refractivity contribution in [3.05, 3.63) is 47.1 Å². The van der Waals surface area contributed by atoms with E-state index in [-0.39, 0.29) is 0 Å². The predicted octanol–water partition coefficient (Wildman–Crippen LogP) is 4.70. The Morgan fingerprint density at radius 1 is 1.21 bits per heavy atom. The zero-order valence-corrected chi connectivity index (χ0v) is 11.8. The second-order valence-corrected chi connectivity index (χ2v) is 5.37. The Morgan fingerprint density at radius 3 is 2.95 bits per heavy atom. The van der Waals surface area contributed by atoms with Crippen LogP contribution in [0.4, 0.5) is 11.4 Å². The largest absolute Gasteiger partial charge is 0.495 e. The van der Waals surface area contributed by atoms with Gasteiger partial charge in [0.05, 0.1) is 29.4 Å². The summed E-state index contributed by atoms with van der Waals surface area (Å²) in [7, 11) is 1.64. The monoisotopic (exact) mass is 290 g/mol. The van der Waals surface area contributed by atoms with Gasteiger partial charge in [-0.2, -0.15) is 0 Å². The molecule has 0 saturated heterocycles. The molecule has 0 radical (unpaired) electrons. The number of halogens is 1. The summed E-state index contributed by atoms with van der Waals surface area (Å²) in [4.78, 5) is 4.23. The number of methoxy groups -OCH3 is 1. The fourth-order valence-electron chi connectivity index (χ4n) is 1.92. The first-order valence-electron chi connectivity index (χ1n) is 5.69. The lowest BCUT2D eigenvalue weighted by Gasteiger charge is -2.12. The van der Waals surface area contributed by atoms with Crippen LogP contribution in [0.25, 0.3) is 10.1 Å². The average Bonchev–Trinajstić information content (AvgIpc) is 2.88. The molecule has 0 saturated carbocycles. The van der Waals surface area contributed by atoms with E-state index < -0.39 is 0 Å². The number of thiophene rings is 1. The molecule has 2 heterocycles. The molecule has 0 aliphatic carbocycles. The molecule has 0 unspecified atom stereocenters. The Hall–Kier alpha value is -1.78. The molecule has 0 amide bonds. The Labute approximate surface area is 119 Å². The second kappa shape index (κ2) is 5.07. The van der Waals surface area contributed by atoms with Gasteiger partial charge < -0.3 is 10.1 Å². The molecule has 3 nitrogen and oxygen atoms in total. The second-order valence-electron chi connectivity index (χ2n) is 3.99. The molecule has 5 heteroatoms. The maximum Gasteiger partial charge on any atom is 0.142 e. The van der Waals surface area contributed by atoms with Crippen LogP contribution in [-0.4, -0.2) is 12.1 Å². The summed E-state index contributed by atoms with van der Waals surface area (Å²) in [5.41, 5.74) is 1.77. The zero-order chi connectivity index (χ0) is 13.2. The Bertz CT molecular complexity index is 726. The van der Waals surface area contributed by atoms with E-state index in [9.17, 15) is 0 Å². The normalized spacial score (nSPS) is 10.6. The van der Waals surface area contributed by atoms with Crippen LogP contribution >= 0.6 is 22.9 Å². The molecule has 0 fully saturated rings. The van der Waals surface area contributed by atoms with Gasteiger partial charge in [0.1, 0.15) is 5.75 Å². The maximum absolute atomic E-state index is 6.03. The highest BCUT2D eigenvalue weighted by Gasteiger charge is 2.07. The quantitative estimate of drug-likeness (QED) is 0.759. The minimum Gasteiger partial charge on any atom is -0.495 e. The highest BCUT2D eigenvalue weighted by molar-refractivity contribution is 7.17. The number of ether oxygens (including phenoxy) is 1. The van der Waals surface area contributed by atoms with Gasteiger partial charge in [0, 0.05) is 16.6 Å². The Morgan fingerprint density at radius 2 is 2.11 bits per heavy atom. The van der Waals surface area contributed by atoms with Crippen LogP contribution in [0.1, 0.15) is 0 Å². The first-order valence-corrected chi connectivity index (χ1v) is 6.95. The van der Waals surface area contributed by atoms with Crippen molar-refractivity contribution in [1.29, 1.82) is 0 Å². The average molecular weight is 291 g/mol. The number of nitrogens with one attached hydrogen (secondary N) is 1. The van der Waals surface area contributed by atoms with E-state index in [1.807, 2.05) is 23.7 Å². The Balaban J connectivity index is 2.05. The molecule has 1 N–H and O–H groups in total. The molecule has 2 aromatic heterocycles. The summed E-state index contributed by atoms with van der Waals surface area (Å²) < 4.78 is 6.47. The summed E-state index contributed by atoms with van der Waals surface area (Å²) in [5, 5.41) is 7.18. The van der Waals surface area contributed by atoms with Crippen molar-refractivity contribution in [3.63, 3.8) is 0 Å². The molecule has 3 aromatic rings. The molecule has 0 bridgehead atoms. The van der Waals surface area contributed by atoms with E-state index in [4.69, 9.17) is 16.3 Å². The molecule has 3 rings (SSSR count). The van der Waals surface area contributed by atoms with Crippen molar-refractivity contribution in [2.75, 3.05) is 12.4 Å². The number of anilines is 2. The summed E-state index contributed by atoms with van der Waals surface area (Å²) in [5.74, 6) is 0.747. The third kappa shape index (κ3) is 2.37. The van der Waals surface area contributed by atoms with E-state index in [0.29, 0.717) is 5.02 Å². The molecule has 0 spiro atoms. The molecular formula is C14H11ClN2OS. The van der Waals surface area contributed by atoms with Crippen LogP contribution in [-0.2, 0) is 0 Å². The minimum absolute atomic E-state index is 0.661. The van der Waals surface area contributed by atoms with Crippen molar-refractivity contribution in [1.82, 2.24) is 4.98 Å². The zero-order valence-electron chi connectivity index (χ0n) is 10.2. The van der Waals surface area contributed by atoms with Crippen molar-refractivity contribution >= 4 is 44.4 Å². The number of nitrogens with zero attached hydrogens (tertiary/aromatic N) is 1. The molecule has 96 valence electrons. The number of hydrogen-bond donors (Lipinski definition) is 1. The van der Waals surface area contributed by atoms with Crippen molar-refractivity contribution in [2.45, 2.75) is 0 Å². The number of pyridine rings is 1. The number of hydrogen-bond acceptors (Lipinski definition) is 4. The molecule has 0 aliphatic rings. The minimum atomic E-state index is 0.661. The lowest BCUT2D eigenvalue weighted by molar-refractivity contribution is 0.417. The van der Waals surface area contributed by atoms with E-state index in [0.717, 1.165) is 27.2 Å². The van der Waals surface area contributed by atoms with E-state index in [1.54, 1.807) is 30.7 Å². The van der Waals surface area contributed by atoms with Gasteiger partial charge in [0.25, 0.3) is 0 Å². The van der Waals surface area contributed by atoms with Crippen LogP contribution < -0.4 is 10.1 Å². The highest BCUT2D eigenvalue weighted by Crippen LogP contribution is 2.34. The maximum atomic E-state index is 6.03. The van der Waals surface area contributed by atoms with Gasteiger partial charge in [-0.15, -0.1) is 11.3 Å². The van der Waals surface area contributed by atoms with Crippen LogP contribution in [0.5, 0.6) is 5.75 Å². The fraction of sp³-hybridized carbons (Fsp3) is 0.0714. The van der Waals surface area contributed by atoms with Gasteiger partial charge in [-0.05, 0) is 29.6 Å². The third-order valence-corrected chi connectivity index (χ3v) is 3.90. The Kier molecular flexibility index (Phi) is 3.27. The summed E-state index contributed by atoms with van der Waals surface area (Å²) in [6.07, 6.45) is 3.66. The first-order chi connectivity index (χ1) is 9.28. The number of fused-ring (bicyclic) bond motifs is 1. The smallest absolute Gasteiger partial charge is 0.142 e.